The van der Waals surface area contributed by atoms with Crippen LogP contribution >= 0.6 is 11.6 Å². The van der Waals surface area contributed by atoms with Crippen molar-refractivity contribution in [1.82, 2.24) is 20.3 Å². The number of halogens is 2. The van der Waals surface area contributed by atoms with Gasteiger partial charge in [0, 0.05) is 26.2 Å². The van der Waals surface area contributed by atoms with Crippen molar-refractivity contribution in [1.29, 1.82) is 0 Å². The lowest BCUT2D eigenvalue weighted by Gasteiger charge is -2.28. The van der Waals surface area contributed by atoms with Crippen LogP contribution in [0, 0.1) is 5.82 Å². The zero-order valence-corrected chi connectivity index (χ0v) is 16.7. The van der Waals surface area contributed by atoms with E-state index < -0.39 is 11.7 Å². The second-order valence-electron chi connectivity index (χ2n) is 6.92. The van der Waals surface area contributed by atoms with Crippen LogP contribution in [0.5, 0.6) is 0 Å². The van der Waals surface area contributed by atoms with Crippen LogP contribution in [-0.4, -0.2) is 60.3 Å². The Morgan fingerprint density at radius 2 is 1.72 bits per heavy atom. The molecule has 10 heteroatoms. The van der Waals surface area contributed by atoms with Crippen molar-refractivity contribution in [2.24, 2.45) is 0 Å². The Balaban J connectivity index is 1.55. The minimum Gasteiger partial charge on any atom is -0.378 e. The number of anilines is 2. The fourth-order valence-corrected chi connectivity index (χ4v) is 3.65. The number of hydrogen-bond donors (Lipinski definition) is 1. The number of rotatable bonds is 5. The minimum atomic E-state index is -0.669. The molecule has 1 aromatic heterocycles. The quantitative estimate of drug-likeness (QED) is 0.792. The van der Waals surface area contributed by atoms with Gasteiger partial charge >= 0.3 is 0 Å². The topological polar surface area (TPSA) is 83.5 Å². The molecule has 1 N–H and O–H groups in total. The van der Waals surface area contributed by atoms with Crippen LogP contribution in [0.15, 0.2) is 18.2 Å². The van der Waals surface area contributed by atoms with Crippen molar-refractivity contribution in [3.63, 3.8) is 0 Å². The number of nitrogens with one attached hydrogen (secondary N) is 1. The first-order valence-corrected chi connectivity index (χ1v) is 10.0. The molecule has 2 fully saturated rings. The van der Waals surface area contributed by atoms with Crippen LogP contribution in [0.2, 0.25) is 5.02 Å². The van der Waals surface area contributed by atoms with E-state index in [0.717, 1.165) is 25.9 Å². The summed E-state index contributed by atoms with van der Waals surface area (Å²) in [6.45, 7) is 4.45. The lowest BCUT2D eigenvalue weighted by Crippen LogP contribution is -2.38. The molecule has 0 saturated carbocycles. The van der Waals surface area contributed by atoms with Gasteiger partial charge in [-0.25, -0.2) is 4.39 Å². The highest BCUT2D eigenvalue weighted by Crippen LogP contribution is 2.21. The molecule has 0 atom stereocenters. The standard InChI is InChI=1S/C19H22ClFN6O2/c20-13-4-3-5-14(21)16(13)17(28)22-12-15-23-18(26-6-1-2-7-26)25-19(24-15)27-8-10-29-11-9-27/h3-5H,1-2,6-12H2,(H,22,28). The SMILES string of the molecule is O=C(NCc1nc(N2CCCC2)nc(N2CCOCC2)n1)c1c(F)cccc1Cl. The number of hydrogen-bond acceptors (Lipinski definition) is 7. The lowest BCUT2D eigenvalue weighted by atomic mass is 10.2. The molecule has 0 spiro atoms. The molecule has 3 heterocycles. The molecule has 2 aromatic rings. The van der Waals surface area contributed by atoms with E-state index in [-0.39, 0.29) is 17.1 Å². The van der Waals surface area contributed by atoms with Crippen LogP contribution < -0.4 is 15.1 Å². The van der Waals surface area contributed by atoms with Crippen molar-refractivity contribution < 1.29 is 13.9 Å². The van der Waals surface area contributed by atoms with Gasteiger partial charge in [0.1, 0.15) is 5.82 Å². The second-order valence-corrected chi connectivity index (χ2v) is 7.33. The predicted molar refractivity (Wildman–Crippen MR) is 107 cm³/mol. The van der Waals surface area contributed by atoms with Gasteiger partial charge in [0.2, 0.25) is 11.9 Å². The van der Waals surface area contributed by atoms with Gasteiger partial charge in [0.15, 0.2) is 5.82 Å². The molecule has 154 valence electrons. The Labute approximate surface area is 173 Å². The average molecular weight is 421 g/mol. The third kappa shape index (κ3) is 4.56. The number of morpholine rings is 1. The Bertz CT molecular complexity index is 867. The molecule has 8 nitrogen and oxygen atoms in total. The van der Waals surface area contributed by atoms with E-state index in [1.807, 2.05) is 4.90 Å². The molecule has 2 saturated heterocycles. The smallest absolute Gasteiger partial charge is 0.256 e. The molecule has 1 aromatic carbocycles. The van der Waals surface area contributed by atoms with E-state index in [1.54, 1.807) is 0 Å². The van der Waals surface area contributed by atoms with Crippen LogP contribution in [0.1, 0.15) is 29.0 Å². The fraction of sp³-hybridized carbons (Fsp3) is 0.474. The van der Waals surface area contributed by atoms with E-state index in [9.17, 15) is 9.18 Å². The summed E-state index contributed by atoms with van der Waals surface area (Å²) in [5.74, 6) is 0.316. The van der Waals surface area contributed by atoms with Crippen molar-refractivity contribution in [3.05, 3.63) is 40.4 Å². The average Bonchev–Trinajstić information content (AvgIpc) is 3.28. The molecular weight excluding hydrogens is 399 g/mol. The van der Waals surface area contributed by atoms with Gasteiger partial charge in [-0.2, -0.15) is 15.0 Å². The summed E-state index contributed by atoms with van der Waals surface area (Å²) in [6, 6.07) is 4.13. The Hall–Kier alpha value is -2.52. The summed E-state index contributed by atoms with van der Waals surface area (Å²) in [6.07, 6.45) is 2.19. The highest BCUT2D eigenvalue weighted by Gasteiger charge is 2.22. The Kier molecular flexibility index (Phi) is 6.05. The van der Waals surface area contributed by atoms with Gasteiger partial charge in [-0.15, -0.1) is 0 Å². The highest BCUT2D eigenvalue weighted by atomic mass is 35.5. The minimum absolute atomic E-state index is 0.0458. The van der Waals surface area contributed by atoms with Gasteiger partial charge in [-0.1, -0.05) is 17.7 Å². The van der Waals surface area contributed by atoms with Crippen LogP contribution in [0.4, 0.5) is 16.3 Å². The summed E-state index contributed by atoms with van der Waals surface area (Å²) in [7, 11) is 0. The molecular formula is C19H22ClFN6O2. The Morgan fingerprint density at radius 3 is 2.38 bits per heavy atom. The van der Waals surface area contributed by atoms with E-state index in [0.29, 0.717) is 44.0 Å². The monoisotopic (exact) mass is 420 g/mol. The fourth-order valence-electron chi connectivity index (χ4n) is 3.40. The van der Waals surface area contributed by atoms with Gasteiger partial charge in [-0.05, 0) is 25.0 Å². The van der Waals surface area contributed by atoms with Gasteiger partial charge in [-0.3, -0.25) is 4.79 Å². The van der Waals surface area contributed by atoms with E-state index in [2.05, 4.69) is 25.2 Å². The first-order valence-electron chi connectivity index (χ1n) is 9.66. The normalized spacial score (nSPS) is 16.9. The van der Waals surface area contributed by atoms with Crippen molar-refractivity contribution in [2.45, 2.75) is 19.4 Å². The number of benzene rings is 1. The summed E-state index contributed by atoms with van der Waals surface area (Å²) >= 11 is 5.98. The van der Waals surface area contributed by atoms with Crippen molar-refractivity contribution in [2.75, 3.05) is 49.2 Å². The largest absolute Gasteiger partial charge is 0.378 e. The predicted octanol–water partition coefficient (Wildman–Crippen LogP) is 2.03. The molecule has 0 unspecified atom stereocenters. The molecule has 0 radical (unpaired) electrons. The zero-order valence-electron chi connectivity index (χ0n) is 15.9. The maximum absolute atomic E-state index is 14.0. The third-order valence-corrected chi connectivity index (χ3v) is 5.25. The van der Waals surface area contributed by atoms with Gasteiger partial charge < -0.3 is 19.9 Å². The van der Waals surface area contributed by atoms with E-state index >= 15 is 0 Å². The summed E-state index contributed by atoms with van der Waals surface area (Å²) in [4.78, 5) is 30.3. The lowest BCUT2D eigenvalue weighted by molar-refractivity contribution is 0.0946. The number of carbonyl (C=O) groups excluding carboxylic acids is 1. The van der Waals surface area contributed by atoms with Crippen molar-refractivity contribution >= 4 is 29.4 Å². The molecule has 2 aliphatic heterocycles. The second kappa shape index (κ2) is 8.87. The maximum Gasteiger partial charge on any atom is 0.256 e. The number of ether oxygens (including phenoxy) is 1. The molecule has 2 aliphatic rings. The molecule has 0 aliphatic carbocycles. The van der Waals surface area contributed by atoms with Gasteiger partial charge in [0.05, 0.1) is 30.3 Å². The number of carbonyl (C=O) groups is 1. The highest BCUT2D eigenvalue weighted by molar-refractivity contribution is 6.33. The molecule has 4 rings (SSSR count). The number of nitrogens with zero attached hydrogens (tertiary/aromatic N) is 5. The molecule has 1 amide bonds. The summed E-state index contributed by atoms with van der Waals surface area (Å²) in [5.41, 5.74) is -0.184. The maximum atomic E-state index is 14.0. The molecule has 29 heavy (non-hydrogen) atoms. The molecule has 0 bridgehead atoms. The van der Waals surface area contributed by atoms with E-state index in [1.165, 1.54) is 18.2 Å². The third-order valence-electron chi connectivity index (χ3n) is 4.94. The summed E-state index contributed by atoms with van der Waals surface area (Å²) < 4.78 is 19.4. The van der Waals surface area contributed by atoms with Gasteiger partial charge in [0.25, 0.3) is 5.91 Å². The summed E-state index contributed by atoms with van der Waals surface area (Å²) in [5, 5.41) is 2.73. The van der Waals surface area contributed by atoms with E-state index in [4.69, 9.17) is 16.3 Å². The van der Waals surface area contributed by atoms with Crippen molar-refractivity contribution in [3.8, 4) is 0 Å². The number of amides is 1. The first kappa shape index (κ1) is 19.8. The number of aromatic nitrogens is 3. The Morgan fingerprint density at radius 1 is 1.07 bits per heavy atom. The zero-order chi connectivity index (χ0) is 20.2. The first-order chi connectivity index (χ1) is 14.1. The van der Waals surface area contributed by atoms with Crippen LogP contribution in [0.25, 0.3) is 0 Å². The van der Waals surface area contributed by atoms with Crippen LogP contribution in [0.3, 0.4) is 0 Å². The van der Waals surface area contributed by atoms with Crippen LogP contribution in [-0.2, 0) is 11.3 Å².